The van der Waals surface area contributed by atoms with Crippen LogP contribution in [0.5, 0.6) is 0 Å². The van der Waals surface area contributed by atoms with Crippen molar-refractivity contribution in [3.05, 3.63) is 35.9 Å². The number of imide groups is 1. The normalized spacial score (nSPS) is 20.1. The molecular weight excluding hydrogens is 226 g/mol. The molecule has 0 radical (unpaired) electrons. The largest absolute Gasteiger partial charge is 0.274 e. The van der Waals surface area contributed by atoms with Crippen LogP contribution in [-0.4, -0.2) is 22.3 Å². The molecule has 0 bridgehead atoms. The molecule has 1 atom stereocenters. The van der Waals surface area contributed by atoms with Crippen molar-refractivity contribution in [3.63, 3.8) is 0 Å². The van der Waals surface area contributed by atoms with Gasteiger partial charge in [0.15, 0.2) is 0 Å². The third-order valence-electron chi connectivity index (χ3n) is 3.26. The van der Waals surface area contributed by atoms with Gasteiger partial charge in [-0.2, -0.15) is 0 Å². The summed E-state index contributed by atoms with van der Waals surface area (Å²) >= 11 is 0. The first-order valence-corrected chi connectivity index (χ1v) is 5.87. The molecule has 0 spiro atoms. The van der Waals surface area contributed by atoms with Gasteiger partial charge in [0, 0.05) is 6.42 Å². The van der Waals surface area contributed by atoms with Gasteiger partial charge in [0.25, 0.3) is 0 Å². The van der Waals surface area contributed by atoms with Crippen molar-refractivity contribution in [1.82, 2.24) is 4.90 Å². The molecule has 0 aliphatic carbocycles. The van der Waals surface area contributed by atoms with E-state index >= 15 is 0 Å². The summed E-state index contributed by atoms with van der Waals surface area (Å²) in [6.07, 6.45) is 5.60. The van der Waals surface area contributed by atoms with E-state index in [1.165, 1.54) is 4.90 Å². The second-order valence-corrected chi connectivity index (χ2v) is 4.94. The van der Waals surface area contributed by atoms with Gasteiger partial charge >= 0.3 is 0 Å². The molecule has 18 heavy (non-hydrogen) atoms. The summed E-state index contributed by atoms with van der Waals surface area (Å²) in [5, 5.41) is 0. The predicted octanol–water partition coefficient (Wildman–Crippen LogP) is 1.94. The van der Waals surface area contributed by atoms with E-state index in [0.717, 1.165) is 5.56 Å². The van der Waals surface area contributed by atoms with Crippen molar-refractivity contribution in [2.75, 3.05) is 0 Å². The summed E-state index contributed by atoms with van der Waals surface area (Å²) in [5.41, 5.74) is 0.00343. The molecule has 0 aromatic heterocycles. The highest BCUT2D eigenvalue weighted by molar-refractivity contribution is 6.07. The van der Waals surface area contributed by atoms with Crippen LogP contribution < -0.4 is 0 Å². The molecule has 1 aliphatic rings. The summed E-state index contributed by atoms with van der Waals surface area (Å²) in [6.45, 7) is 3.41. The second kappa shape index (κ2) is 4.30. The van der Waals surface area contributed by atoms with Crippen LogP contribution in [0, 0.1) is 12.3 Å². The van der Waals surface area contributed by atoms with Crippen molar-refractivity contribution in [1.29, 1.82) is 0 Å². The van der Waals surface area contributed by atoms with Crippen molar-refractivity contribution in [3.8, 4) is 12.3 Å². The Bertz CT molecular complexity index is 525. The smallest absolute Gasteiger partial charge is 0.238 e. The molecule has 1 fully saturated rings. The third kappa shape index (κ3) is 1.91. The lowest BCUT2D eigenvalue weighted by molar-refractivity contribution is -0.142. The summed E-state index contributed by atoms with van der Waals surface area (Å²) in [7, 11) is 0. The molecule has 1 aromatic rings. The van der Waals surface area contributed by atoms with Gasteiger partial charge < -0.3 is 0 Å². The molecule has 2 amide bonds. The fourth-order valence-corrected chi connectivity index (χ4v) is 2.23. The summed E-state index contributed by atoms with van der Waals surface area (Å²) in [6, 6.07) is 9.34. The lowest BCUT2D eigenvalue weighted by atomic mass is 9.97. The van der Waals surface area contributed by atoms with Crippen molar-refractivity contribution < 1.29 is 9.59 Å². The van der Waals surface area contributed by atoms with Gasteiger partial charge in [-0.1, -0.05) is 36.3 Å². The minimum absolute atomic E-state index is 0.197. The van der Waals surface area contributed by atoms with Crippen molar-refractivity contribution in [2.24, 2.45) is 0 Å². The number of likely N-dealkylation sites (tertiary alicyclic amines) is 1. The number of terminal acetylenes is 1. The number of hydrogen-bond donors (Lipinski definition) is 0. The highest BCUT2D eigenvalue weighted by atomic mass is 16.2. The SMILES string of the molecule is C#CC(C)(C)N1C(=O)CC(c2ccccc2)C1=O. The minimum Gasteiger partial charge on any atom is -0.274 e. The Morgan fingerprint density at radius 1 is 1.28 bits per heavy atom. The van der Waals surface area contributed by atoms with Gasteiger partial charge in [0.1, 0.15) is 5.54 Å². The third-order valence-corrected chi connectivity index (χ3v) is 3.26. The number of hydrogen-bond acceptors (Lipinski definition) is 2. The predicted molar refractivity (Wildman–Crippen MR) is 68.6 cm³/mol. The summed E-state index contributed by atoms with van der Waals surface area (Å²) in [5.74, 6) is 1.71. The molecule has 0 N–H and O–H groups in total. The Morgan fingerprint density at radius 2 is 1.89 bits per heavy atom. The van der Waals surface area contributed by atoms with E-state index in [-0.39, 0.29) is 18.2 Å². The summed E-state index contributed by atoms with van der Waals surface area (Å²) in [4.78, 5) is 25.5. The fraction of sp³-hybridized carbons (Fsp3) is 0.333. The molecule has 1 aromatic carbocycles. The average Bonchev–Trinajstić information content (AvgIpc) is 2.66. The first-order valence-electron chi connectivity index (χ1n) is 5.87. The molecular formula is C15H15NO2. The molecule has 1 saturated heterocycles. The number of benzene rings is 1. The lowest BCUT2D eigenvalue weighted by Gasteiger charge is -2.29. The lowest BCUT2D eigenvalue weighted by Crippen LogP contribution is -2.46. The van der Waals surface area contributed by atoms with E-state index in [9.17, 15) is 9.59 Å². The van der Waals surface area contributed by atoms with Crippen LogP contribution in [0.15, 0.2) is 30.3 Å². The number of carbonyl (C=O) groups excluding carboxylic acids is 2. The zero-order valence-corrected chi connectivity index (χ0v) is 10.5. The zero-order valence-electron chi connectivity index (χ0n) is 10.5. The first-order chi connectivity index (χ1) is 8.47. The zero-order chi connectivity index (χ0) is 13.3. The molecule has 92 valence electrons. The Labute approximate surface area is 107 Å². The molecule has 1 aliphatic heterocycles. The quantitative estimate of drug-likeness (QED) is 0.586. The molecule has 3 nitrogen and oxygen atoms in total. The van der Waals surface area contributed by atoms with Crippen LogP contribution in [0.25, 0.3) is 0 Å². The Balaban J connectivity index is 2.34. The maximum atomic E-state index is 12.3. The Kier molecular flexibility index (Phi) is 2.96. The van der Waals surface area contributed by atoms with Gasteiger partial charge in [0.2, 0.25) is 11.8 Å². The van der Waals surface area contributed by atoms with E-state index in [0.29, 0.717) is 0 Å². The molecule has 1 heterocycles. The average molecular weight is 241 g/mol. The van der Waals surface area contributed by atoms with Crippen LogP contribution >= 0.6 is 0 Å². The Hall–Kier alpha value is -2.08. The first kappa shape index (κ1) is 12.4. The summed E-state index contributed by atoms with van der Waals surface area (Å²) < 4.78 is 0. The maximum Gasteiger partial charge on any atom is 0.238 e. The highest BCUT2D eigenvalue weighted by Gasteiger charge is 2.45. The highest BCUT2D eigenvalue weighted by Crippen LogP contribution is 2.33. The van der Waals surface area contributed by atoms with E-state index in [2.05, 4.69) is 5.92 Å². The van der Waals surface area contributed by atoms with Crippen molar-refractivity contribution >= 4 is 11.8 Å². The number of carbonyl (C=O) groups is 2. The standard InChI is InChI=1S/C15H15NO2/c1-4-15(2,3)16-13(17)10-12(14(16)18)11-8-6-5-7-9-11/h1,5-9,12H,10H2,2-3H3. The van der Waals surface area contributed by atoms with Crippen LogP contribution in [0.2, 0.25) is 0 Å². The van der Waals surface area contributed by atoms with E-state index in [1.54, 1.807) is 13.8 Å². The number of nitrogens with zero attached hydrogens (tertiary/aromatic N) is 1. The minimum atomic E-state index is -0.863. The van der Waals surface area contributed by atoms with Crippen LogP contribution in [0.3, 0.4) is 0 Å². The van der Waals surface area contributed by atoms with E-state index in [4.69, 9.17) is 6.42 Å². The van der Waals surface area contributed by atoms with Crippen LogP contribution in [0.1, 0.15) is 31.7 Å². The molecule has 0 saturated carbocycles. The number of amides is 2. The monoisotopic (exact) mass is 241 g/mol. The van der Waals surface area contributed by atoms with Gasteiger partial charge in [-0.3, -0.25) is 14.5 Å². The molecule has 1 unspecified atom stereocenters. The van der Waals surface area contributed by atoms with Crippen LogP contribution in [-0.2, 0) is 9.59 Å². The van der Waals surface area contributed by atoms with Crippen molar-refractivity contribution in [2.45, 2.75) is 31.7 Å². The maximum absolute atomic E-state index is 12.3. The van der Waals surface area contributed by atoms with E-state index in [1.807, 2.05) is 30.3 Å². The number of rotatable bonds is 2. The topological polar surface area (TPSA) is 37.4 Å². The molecule has 3 heteroatoms. The van der Waals surface area contributed by atoms with E-state index < -0.39 is 11.5 Å². The second-order valence-electron chi connectivity index (χ2n) is 4.94. The Morgan fingerprint density at radius 3 is 2.44 bits per heavy atom. The van der Waals surface area contributed by atoms with Gasteiger partial charge in [-0.25, -0.2) is 0 Å². The fourth-order valence-electron chi connectivity index (χ4n) is 2.23. The van der Waals surface area contributed by atoms with Gasteiger partial charge in [-0.05, 0) is 19.4 Å². The van der Waals surface area contributed by atoms with Gasteiger partial charge in [0.05, 0.1) is 5.92 Å². The van der Waals surface area contributed by atoms with Gasteiger partial charge in [-0.15, -0.1) is 6.42 Å². The molecule has 2 rings (SSSR count). The van der Waals surface area contributed by atoms with Crippen LogP contribution in [0.4, 0.5) is 0 Å².